The van der Waals surface area contributed by atoms with Gasteiger partial charge >= 0.3 is 0 Å². The highest BCUT2D eigenvalue weighted by atomic mass is 19.1. The summed E-state index contributed by atoms with van der Waals surface area (Å²) in [5, 5.41) is 0.866. The Hall–Kier alpha value is -3.20. The second-order valence-corrected chi connectivity index (χ2v) is 5.66. The summed E-state index contributed by atoms with van der Waals surface area (Å²) in [7, 11) is 0. The van der Waals surface area contributed by atoms with Gasteiger partial charge in [0.15, 0.2) is 6.29 Å². The zero-order valence-corrected chi connectivity index (χ0v) is 12.8. The van der Waals surface area contributed by atoms with E-state index in [0.29, 0.717) is 11.3 Å². The first kappa shape index (κ1) is 14.4. The average Bonchev–Trinajstić information content (AvgIpc) is 3.00. The molecule has 0 bridgehead atoms. The number of H-pyrrole nitrogens is 1. The molecule has 0 fully saturated rings. The van der Waals surface area contributed by atoms with E-state index in [0.717, 1.165) is 33.9 Å². The third kappa shape index (κ3) is 2.40. The fraction of sp³-hybridized carbons (Fsp3) is 0. The molecule has 2 nitrogen and oxygen atoms in total. The third-order valence-electron chi connectivity index (χ3n) is 4.20. The van der Waals surface area contributed by atoms with Crippen molar-refractivity contribution in [1.82, 2.24) is 4.98 Å². The Morgan fingerprint density at radius 1 is 0.792 bits per heavy atom. The second-order valence-electron chi connectivity index (χ2n) is 5.66. The molecule has 0 aliphatic heterocycles. The van der Waals surface area contributed by atoms with Crippen LogP contribution in [0, 0.1) is 5.82 Å². The van der Waals surface area contributed by atoms with Gasteiger partial charge < -0.3 is 4.98 Å². The number of fused-ring (bicyclic) bond motifs is 1. The van der Waals surface area contributed by atoms with Gasteiger partial charge in [-0.1, -0.05) is 36.4 Å². The van der Waals surface area contributed by atoms with Crippen LogP contribution in [0.1, 0.15) is 10.4 Å². The van der Waals surface area contributed by atoms with Gasteiger partial charge in [-0.2, -0.15) is 0 Å². The summed E-state index contributed by atoms with van der Waals surface area (Å²) in [5.41, 5.74) is 5.13. The van der Waals surface area contributed by atoms with E-state index < -0.39 is 0 Å². The van der Waals surface area contributed by atoms with Crippen LogP contribution in [0.25, 0.3) is 33.3 Å². The Morgan fingerprint density at radius 3 is 2.21 bits per heavy atom. The van der Waals surface area contributed by atoms with Crippen molar-refractivity contribution in [2.24, 2.45) is 0 Å². The molecule has 0 saturated heterocycles. The maximum absolute atomic E-state index is 13.2. The molecule has 1 heterocycles. The smallest absolute Gasteiger partial charge is 0.152 e. The van der Waals surface area contributed by atoms with Crippen LogP contribution in [0.15, 0.2) is 72.8 Å². The summed E-state index contributed by atoms with van der Waals surface area (Å²) in [4.78, 5) is 15.0. The Kier molecular flexibility index (Phi) is 3.47. The Balaban J connectivity index is 1.91. The number of aldehydes is 1. The van der Waals surface area contributed by atoms with Gasteiger partial charge in [0.2, 0.25) is 0 Å². The van der Waals surface area contributed by atoms with Crippen LogP contribution in [-0.4, -0.2) is 11.3 Å². The number of rotatable bonds is 3. The first-order chi connectivity index (χ1) is 11.8. The highest BCUT2D eigenvalue weighted by Gasteiger charge is 2.13. The monoisotopic (exact) mass is 315 g/mol. The predicted octanol–water partition coefficient (Wildman–Crippen LogP) is 5.45. The number of nitrogens with one attached hydrogen (secondary N) is 1. The Bertz CT molecular complexity index is 1020. The molecule has 3 heteroatoms. The third-order valence-corrected chi connectivity index (χ3v) is 4.20. The number of carbonyl (C=O) groups is 1. The summed E-state index contributed by atoms with van der Waals surface area (Å²) in [5.74, 6) is -0.297. The van der Waals surface area contributed by atoms with Crippen LogP contribution in [0.3, 0.4) is 0 Å². The van der Waals surface area contributed by atoms with E-state index >= 15 is 0 Å². The van der Waals surface area contributed by atoms with E-state index in [1.807, 2.05) is 48.5 Å². The van der Waals surface area contributed by atoms with Crippen molar-refractivity contribution in [3.63, 3.8) is 0 Å². The van der Waals surface area contributed by atoms with E-state index in [2.05, 4.69) is 4.98 Å². The lowest BCUT2D eigenvalue weighted by molar-refractivity contribution is 0.112. The molecule has 116 valence electrons. The van der Waals surface area contributed by atoms with Crippen LogP contribution in [-0.2, 0) is 0 Å². The summed E-state index contributed by atoms with van der Waals surface area (Å²) in [6, 6.07) is 22.2. The van der Waals surface area contributed by atoms with E-state index in [1.165, 1.54) is 12.1 Å². The standard InChI is InChI=1S/C21H14FNO/c22-17-9-6-15(7-10-17)21-19(13-24)18-12-16(8-11-20(18)23-21)14-4-2-1-3-5-14/h1-13,23H. The summed E-state index contributed by atoms with van der Waals surface area (Å²) >= 11 is 0. The summed E-state index contributed by atoms with van der Waals surface area (Å²) < 4.78 is 13.2. The molecule has 1 aromatic heterocycles. The number of aromatic nitrogens is 1. The Labute approximate surface area is 138 Å². The molecule has 4 rings (SSSR count). The van der Waals surface area contributed by atoms with Gasteiger partial charge in [-0.25, -0.2) is 4.39 Å². The van der Waals surface area contributed by atoms with E-state index in [-0.39, 0.29) is 5.82 Å². The molecular weight excluding hydrogens is 301 g/mol. The minimum atomic E-state index is -0.297. The molecule has 24 heavy (non-hydrogen) atoms. The molecule has 0 radical (unpaired) electrons. The van der Waals surface area contributed by atoms with Gasteiger partial charge in [-0.05, 0) is 53.1 Å². The largest absolute Gasteiger partial charge is 0.354 e. The van der Waals surface area contributed by atoms with Gasteiger partial charge in [0, 0.05) is 16.5 Å². The zero-order valence-electron chi connectivity index (χ0n) is 12.8. The lowest BCUT2D eigenvalue weighted by Crippen LogP contribution is -1.85. The number of benzene rings is 3. The highest BCUT2D eigenvalue weighted by Crippen LogP contribution is 2.32. The molecule has 0 saturated carbocycles. The van der Waals surface area contributed by atoms with Crippen molar-refractivity contribution in [1.29, 1.82) is 0 Å². The molecule has 0 aliphatic rings. The lowest BCUT2D eigenvalue weighted by atomic mass is 10.0. The van der Waals surface area contributed by atoms with Gasteiger partial charge in [0.25, 0.3) is 0 Å². The Morgan fingerprint density at radius 2 is 1.50 bits per heavy atom. The molecule has 1 N–H and O–H groups in total. The van der Waals surface area contributed by atoms with Crippen molar-refractivity contribution < 1.29 is 9.18 Å². The summed E-state index contributed by atoms with van der Waals surface area (Å²) in [6.45, 7) is 0. The first-order valence-electron chi connectivity index (χ1n) is 7.68. The minimum Gasteiger partial charge on any atom is -0.354 e. The molecule has 0 aliphatic carbocycles. The van der Waals surface area contributed by atoms with Gasteiger partial charge in [-0.15, -0.1) is 0 Å². The first-order valence-corrected chi connectivity index (χ1v) is 7.68. The molecule has 0 spiro atoms. The predicted molar refractivity (Wildman–Crippen MR) is 94.5 cm³/mol. The van der Waals surface area contributed by atoms with E-state index in [1.54, 1.807) is 12.1 Å². The van der Waals surface area contributed by atoms with Gasteiger partial charge in [0.1, 0.15) is 5.82 Å². The molecule has 0 amide bonds. The van der Waals surface area contributed by atoms with Crippen molar-refractivity contribution in [3.05, 3.63) is 84.2 Å². The zero-order chi connectivity index (χ0) is 16.5. The van der Waals surface area contributed by atoms with Crippen LogP contribution in [0.4, 0.5) is 4.39 Å². The molecule has 0 atom stereocenters. The fourth-order valence-electron chi connectivity index (χ4n) is 2.99. The molecule has 3 aromatic carbocycles. The topological polar surface area (TPSA) is 32.9 Å². The summed E-state index contributed by atoms with van der Waals surface area (Å²) in [6.07, 6.45) is 0.853. The maximum Gasteiger partial charge on any atom is 0.152 e. The van der Waals surface area contributed by atoms with E-state index in [9.17, 15) is 9.18 Å². The van der Waals surface area contributed by atoms with Crippen molar-refractivity contribution in [2.45, 2.75) is 0 Å². The van der Waals surface area contributed by atoms with Crippen LogP contribution in [0.2, 0.25) is 0 Å². The normalized spacial score (nSPS) is 10.9. The molecular formula is C21H14FNO. The van der Waals surface area contributed by atoms with E-state index in [4.69, 9.17) is 0 Å². The van der Waals surface area contributed by atoms with Crippen molar-refractivity contribution >= 4 is 17.2 Å². The SMILES string of the molecule is O=Cc1c(-c2ccc(F)cc2)[nH]c2ccc(-c3ccccc3)cc12. The van der Waals surface area contributed by atoms with Gasteiger partial charge in [-0.3, -0.25) is 4.79 Å². The quantitative estimate of drug-likeness (QED) is 0.501. The van der Waals surface area contributed by atoms with Crippen LogP contribution in [0.5, 0.6) is 0 Å². The molecule has 4 aromatic rings. The molecule has 0 unspecified atom stereocenters. The number of hydrogen-bond acceptors (Lipinski definition) is 1. The van der Waals surface area contributed by atoms with Crippen LogP contribution >= 0.6 is 0 Å². The second kappa shape index (κ2) is 5.78. The van der Waals surface area contributed by atoms with Crippen molar-refractivity contribution in [2.75, 3.05) is 0 Å². The minimum absolute atomic E-state index is 0.297. The number of aromatic amines is 1. The number of hydrogen-bond donors (Lipinski definition) is 1. The van der Waals surface area contributed by atoms with Crippen LogP contribution < -0.4 is 0 Å². The lowest BCUT2D eigenvalue weighted by Gasteiger charge is -2.02. The highest BCUT2D eigenvalue weighted by molar-refractivity contribution is 6.05. The number of carbonyl (C=O) groups excluding carboxylic acids is 1. The fourth-order valence-corrected chi connectivity index (χ4v) is 2.99. The van der Waals surface area contributed by atoms with Gasteiger partial charge in [0.05, 0.1) is 5.69 Å². The van der Waals surface area contributed by atoms with Crippen molar-refractivity contribution in [3.8, 4) is 22.4 Å². The number of halogens is 1. The maximum atomic E-state index is 13.2. The average molecular weight is 315 g/mol.